The van der Waals surface area contributed by atoms with Crippen molar-refractivity contribution in [2.24, 2.45) is 0 Å². The molecule has 2 heterocycles. The summed E-state index contributed by atoms with van der Waals surface area (Å²) in [6.45, 7) is 1.98. The number of anilines is 2. The minimum Gasteiger partial charge on any atom is -0.369 e. The lowest BCUT2D eigenvalue weighted by molar-refractivity contribution is 1.09. The molecule has 0 amide bonds. The fourth-order valence-corrected chi connectivity index (χ4v) is 2.23. The first kappa shape index (κ1) is 9.97. The first-order chi connectivity index (χ1) is 7.08. The summed E-state index contributed by atoms with van der Waals surface area (Å²) in [6, 6.07) is 0. The van der Waals surface area contributed by atoms with Gasteiger partial charge in [0.2, 0.25) is 0 Å². The molecule has 0 saturated carbocycles. The Balaban J connectivity index is 2.44. The van der Waals surface area contributed by atoms with E-state index in [1.54, 1.807) is 17.5 Å². The van der Waals surface area contributed by atoms with Crippen molar-refractivity contribution in [1.82, 2.24) is 15.0 Å². The van der Waals surface area contributed by atoms with E-state index in [2.05, 4.69) is 15.0 Å². The Bertz CT molecular complexity index is 471. The molecular formula is C9H13N5S. The van der Waals surface area contributed by atoms with Crippen LogP contribution in [0.25, 0.3) is 10.6 Å². The molecule has 2 aromatic rings. The second-order valence-corrected chi connectivity index (χ2v) is 4.47. The van der Waals surface area contributed by atoms with E-state index in [4.69, 9.17) is 5.73 Å². The van der Waals surface area contributed by atoms with Gasteiger partial charge in [-0.2, -0.15) is 0 Å². The van der Waals surface area contributed by atoms with E-state index in [1.165, 1.54) is 0 Å². The zero-order chi connectivity index (χ0) is 11.0. The molecule has 0 aliphatic heterocycles. The number of thiazole rings is 1. The van der Waals surface area contributed by atoms with Crippen molar-refractivity contribution in [3.8, 4) is 10.6 Å². The number of imidazole rings is 1. The molecule has 0 bridgehead atoms. The number of aromatic nitrogens is 3. The smallest absolute Gasteiger partial charge is 0.197 e. The summed E-state index contributed by atoms with van der Waals surface area (Å²) in [5, 5.41) is 0.982. The molecule has 5 nitrogen and oxygen atoms in total. The number of hydrogen-bond donors (Lipinski definition) is 2. The molecule has 0 fully saturated rings. The molecule has 0 unspecified atom stereocenters. The van der Waals surface area contributed by atoms with Gasteiger partial charge in [-0.3, -0.25) is 0 Å². The van der Waals surface area contributed by atoms with Gasteiger partial charge in [-0.15, -0.1) is 0 Å². The van der Waals surface area contributed by atoms with Crippen LogP contribution in [0.2, 0.25) is 0 Å². The molecule has 6 heteroatoms. The number of nitrogens with two attached hydrogens (primary N) is 1. The van der Waals surface area contributed by atoms with Crippen LogP contribution in [0.5, 0.6) is 0 Å². The largest absolute Gasteiger partial charge is 0.369 e. The lowest BCUT2D eigenvalue weighted by atomic mass is 10.3. The topological polar surface area (TPSA) is 70.8 Å². The van der Waals surface area contributed by atoms with Crippen LogP contribution in [0.1, 0.15) is 5.69 Å². The molecule has 0 aliphatic rings. The zero-order valence-electron chi connectivity index (χ0n) is 8.90. The van der Waals surface area contributed by atoms with Gasteiger partial charge in [0.25, 0.3) is 0 Å². The summed E-state index contributed by atoms with van der Waals surface area (Å²) in [4.78, 5) is 14.5. The number of nitrogens with one attached hydrogen (secondary N) is 1. The highest BCUT2D eigenvalue weighted by Gasteiger charge is 2.12. The van der Waals surface area contributed by atoms with Crippen molar-refractivity contribution in [2.45, 2.75) is 6.92 Å². The second-order valence-electron chi connectivity index (χ2n) is 3.49. The first-order valence-electron chi connectivity index (χ1n) is 4.53. The van der Waals surface area contributed by atoms with Crippen LogP contribution in [0.3, 0.4) is 0 Å². The summed E-state index contributed by atoms with van der Waals surface area (Å²) >= 11 is 1.62. The quantitative estimate of drug-likeness (QED) is 0.809. The highest BCUT2D eigenvalue weighted by atomic mass is 32.1. The highest BCUT2D eigenvalue weighted by molar-refractivity contribution is 7.19. The van der Waals surface area contributed by atoms with Crippen LogP contribution < -0.4 is 10.6 Å². The third-order valence-electron chi connectivity index (χ3n) is 2.01. The Labute approximate surface area is 92.0 Å². The SMILES string of the molecule is Cc1nc(N(C)C)sc1-c1cnc(N)[nH]1. The Kier molecular flexibility index (Phi) is 2.36. The van der Waals surface area contributed by atoms with Crippen LogP contribution in [-0.4, -0.2) is 29.0 Å². The van der Waals surface area contributed by atoms with Gasteiger partial charge in [0.1, 0.15) is 0 Å². The maximum atomic E-state index is 5.54. The lowest BCUT2D eigenvalue weighted by Crippen LogP contribution is -2.07. The first-order valence-corrected chi connectivity index (χ1v) is 5.35. The molecule has 3 N–H and O–H groups in total. The van der Waals surface area contributed by atoms with Crippen molar-refractivity contribution in [3.05, 3.63) is 11.9 Å². The molecule has 0 aromatic carbocycles. The van der Waals surface area contributed by atoms with E-state index in [0.29, 0.717) is 5.95 Å². The monoisotopic (exact) mass is 223 g/mol. The number of aryl methyl sites for hydroxylation is 1. The van der Waals surface area contributed by atoms with Gasteiger partial charge in [0.15, 0.2) is 11.1 Å². The molecule has 2 aromatic heterocycles. The van der Waals surface area contributed by atoms with E-state index in [0.717, 1.165) is 21.4 Å². The average Bonchev–Trinajstić information content (AvgIpc) is 2.71. The Morgan fingerprint density at radius 3 is 2.67 bits per heavy atom. The van der Waals surface area contributed by atoms with Gasteiger partial charge in [-0.05, 0) is 6.92 Å². The van der Waals surface area contributed by atoms with Crippen molar-refractivity contribution >= 4 is 22.4 Å². The number of hydrogen-bond acceptors (Lipinski definition) is 5. The molecule has 15 heavy (non-hydrogen) atoms. The number of H-pyrrole nitrogens is 1. The Hall–Kier alpha value is -1.56. The van der Waals surface area contributed by atoms with Crippen molar-refractivity contribution in [3.63, 3.8) is 0 Å². The summed E-state index contributed by atoms with van der Waals surface area (Å²) in [7, 11) is 3.95. The number of nitrogens with zero attached hydrogens (tertiary/aromatic N) is 3. The molecule has 0 aliphatic carbocycles. The van der Waals surface area contributed by atoms with Gasteiger partial charge in [-0.1, -0.05) is 11.3 Å². The van der Waals surface area contributed by atoms with Crippen LogP contribution >= 0.6 is 11.3 Å². The Morgan fingerprint density at radius 2 is 2.20 bits per heavy atom. The zero-order valence-corrected chi connectivity index (χ0v) is 9.72. The summed E-state index contributed by atoms with van der Waals surface area (Å²) in [5.74, 6) is 0.434. The minimum absolute atomic E-state index is 0.434. The Morgan fingerprint density at radius 1 is 1.47 bits per heavy atom. The predicted octanol–water partition coefficient (Wildman–Crippen LogP) is 1.49. The minimum atomic E-state index is 0.434. The molecule has 2 rings (SSSR count). The van der Waals surface area contributed by atoms with Crippen molar-refractivity contribution < 1.29 is 0 Å². The summed E-state index contributed by atoms with van der Waals surface area (Å²) in [6.07, 6.45) is 1.73. The van der Waals surface area contributed by atoms with Crippen LogP contribution in [0, 0.1) is 6.92 Å². The van der Waals surface area contributed by atoms with E-state index in [1.807, 2.05) is 25.9 Å². The maximum absolute atomic E-state index is 5.54. The lowest BCUT2D eigenvalue weighted by Gasteiger charge is -2.04. The van der Waals surface area contributed by atoms with Crippen molar-refractivity contribution in [1.29, 1.82) is 0 Å². The molecule has 0 saturated heterocycles. The van der Waals surface area contributed by atoms with E-state index in [9.17, 15) is 0 Å². The fraction of sp³-hybridized carbons (Fsp3) is 0.333. The van der Waals surface area contributed by atoms with Gasteiger partial charge in [0, 0.05) is 14.1 Å². The fourth-order valence-electron chi connectivity index (χ4n) is 1.28. The second kappa shape index (κ2) is 3.54. The maximum Gasteiger partial charge on any atom is 0.197 e. The van der Waals surface area contributed by atoms with E-state index in [-0.39, 0.29) is 0 Å². The van der Waals surface area contributed by atoms with Gasteiger partial charge in [0.05, 0.1) is 22.5 Å². The van der Waals surface area contributed by atoms with E-state index >= 15 is 0 Å². The number of aromatic amines is 1. The standard InChI is InChI=1S/C9H13N5S/c1-5-7(6-4-11-8(10)13-6)15-9(12-5)14(2)3/h4H,1-3H3,(H3,10,11,13). The molecule has 0 spiro atoms. The third kappa shape index (κ3) is 1.80. The summed E-state index contributed by atoms with van der Waals surface area (Å²) < 4.78 is 0. The molecule has 0 radical (unpaired) electrons. The van der Waals surface area contributed by atoms with Gasteiger partial charge < -0.3 is 15.6 Å². The van der Waals surface area contributed by atoms with Crippen LogP contribution in [0.4, 0.5) is 11.1 Å². The molecule has 80 valence electrons. The number of rotatable bonds is 2. The average molecular weight is 223 g/mol. The number of nitrogen functional groups attached to an aromatic ring is 1. The van der Waals surface area contributed by atoms with Gasteiger partial charge in [-0.25, -0.2) is 9.97 Å². The predicted molar refractivity (Wildman–Crippen MR) is 63.2 cm³/mol. The van der Waals surface area contributed by atoms with Crippen LogP contribution in [-0.2, 0) is 0 Å². The van der Waals surface area contributed by atoms with Crippen LogP contribution in [0.15, 0.2) is 6.20 Å². The van der Waals surface area contributed by atoms with Crippen molar-refractivity contribution in [2.75, 3.05) is 24.7 Å². The molecule has 0 atom stereocenters. The summed E-state index contributed by atoms with van der Waals surface area (Å²) in [5.41, 5.74) is 7.46. The highest BCUT2D eigenvalue weighted by Crippen LogP contribution is 2.32. The molecular weight excluding hydrogens is 210 g/mol. The third-order valence-corrected chi connectivity index (χ3v) is 3.37. The normalized spacial score (nSPS) is 10.6. The van der Waals surface area contributed by atoms with Gasteiger partial charge >= 0.3 is 0 Å². The van der Waals surface area contributed by atoms with E-state index < -0.39 is 0 Å².